The van der Waals surface area contributed by atoms with Crippen LogP contribution in [0.4, 0.5) is 5.69 Å². The van der Waals surface area contributed by atoms with E-state index in [2.05, 4.69) is 10.0 Å². The Hall–Kier alpha value is -1.46. The summed E-state index contributed by atoms with van der Waals surface area (Å²) >= 11 is 0. The molecule has 0 amide bonds. The van der Waals surface area contributed by atoms with Crippen LogP contribution >= 0.6 is 12.4 Å². The molecule has 0 spiro atoms. The number of sulfonamides is 1. The molecule has 23 heavy (non-hydrogen) atoms. The molecule has 1 rings (SSSR count). The SMILES string of the molecule is COCCNCCNS(=O)(=O)c1ccc(OC)cc1[N+](=O)[O-].Cl. The molecule has 0 fully saturated rings. The summed E-state index contributed by atoms with van der Waals surface area (Å²) in [7, 11) is -1.07. The molecule has 0 unspecified atom stereocenters. The van der Waals surface area contributed by atoms with Crippen molar-refractivity contribution in [3.8, 4) is 5.75 Å². The number of benzene rings is 1. The number of nitrogens with one attached hydrogen (secondary N) is 2. The van der Waals surface area contributed by atoms with Gasteiger partial charge in [0.25, 0.3) is 5.69 Å². The molecule has 1 aromatic carbocycles. The summed E-state index contributed by atoms with van der Waals surface area (Å²) < 4.78 is 36.3. The molecule has 0 heterocycles. The molecule has 0 aromatic heterocycles. The summed E-state index contributed by atoms with van der Waals surface area (Å²) in [4.78, 5) is 9.87. The van der Waals surface area contributed by atoms with Crippen molar-refractivity contribution in [1.82, 2.24) is 10.0 Å². The first kappa shape index (κ1) is 21.5. The van der Waals surface area contributed by atoms with Crippen molar-refractivity contribution in [2.45, 2.75) is 4.90 Å². The number of methoxy groups -OCH3 is 2. The highest BCUT2D eigenvalue weighted by Crippen LogP contribution is 2.27. The molecule has 0 saturated heterocycles. The van der Waals surface area contributed by atoms with E-state index >= 15 is 0 Å². The van der Waals surface area contributed by atoms with E-state index in [1.54, 1.807) is 7.11 Å². The van der Waals surface area contributed by atoms with Crippen LogP contribution in [0, 0.1) is 10.1 Å². The van der Waals surface area contributed by atoms with Gasteiger partial charge in [-0.1, -0.05) is 0 Å². The van der Waals surface area contributed by atoms with E-state index in [9.17, 15) is 18.5 Å². The van der Waals surface area contributed by atoms with Crippen molar-refractivity contribution < 1.29 is 22.8 Å². The molecule has 0 saturated carbocycles. The molecule has 11 heteroatoms. The molecule has 2 N–H and O–H groups in total. The Balaban J connectivity index is 0.00000484. The lowest BCUT2D eigenvalue weighted by molar-refractivity contribution is -0.387. The molecule has 1 aromatic rings. The van der Waals surface area contributed by atoms with Crippen LogP contribution < -0.4 is 14.8 Å². The molecule has 0 radical (unpaired) electrons. The first-order valence-corrected chi connectivity index (χ1v) is 7.92. The molecular weight excluding hydrogens is 350 g/mol. The normalized spacial score (nSPS) is 10.9. The number of rotatable bonds is 10. The molecule has 0 atom stereocenters. The number of hydrogen-bond acceptors (Lipinski definition) is 7. The van der Waals surface area contributed by atoms with Gasteiger partial charge in [0.15, 0.2) is 4.90 Å². The first-order chi connectivity index (χ1) is 10.4. The minimum absolute atomic E-state index is 0. The number of ether oxygens (including phenoxy) is 2. The largest absolute Gasteiger partial charge is 0.497 e. The predicted octanol–water partition coefficient (Wildman–Crippen LogP) is 0.539. The Labute approximate surface area is 141 Å². The van der Waals surface area contributed by atoms with Crippen molar-refractivity contribution in [2.24, 2.45) is 0 Å². The van der Waals surface area contributed by atoms with Gasteiger partial charge in [-0.3, -0.25) is 10.1 Å². The van der Waals surface area contributed by atoms with Gasteiger partial charge in [0.2, 0.25) is 10.0 Å². The standard InChI is InChI=1S/C12H19N3O6S.ClH/c1-20-8-7-13-5-6-14-22(18,19)12-4-3-10(21-2)9-11(12)15(16)17;/h3-4,9,13-14H,5-8H2,1-2H3;1H. The number of nitro benzene ring substituents is 1. The maximum Gasteiger partial charge on any atom is 0.293 e. The first-order valence-electron chi connectivity index (χ1n) is 6.44. The van der Waals surface area contributed by atoms with Crippen LogP contribution in [-0.4, -0.2) is 53.8 Å². The summed E-state index contributed by atoms with van der Waals surface area (Å²) in [5.74, 6) is 0.215. The zero-order valence-corrected chi connectivity index (χ0v) is 14.4. The van der Waals surface area contributed by atoms with Crippen molar-refractivity contribution in [1.29, 1.82) is 0 Å². The second-order valence-corrected chi connectivity index (χ2v) is 5.97. The van der Waals surface area contributed by atoms with Gasteiger partial charge in [-0.25, -0.2) is 13.1 Å². The van der Waals surface area contributed by atoms with E-state index in [1.165, 1.54) is 13.2 Å². The van der Waals surface area contributed by atoms with Crippen molar-refractivity contribution in [2.75, 3.05) is 40.5 Å². The average Bonchev–Trinajstić information content (AvgIpc) is 2.50. The predicted molar refractivity (Wildman–Crippen MR) is 86.8 cm³/mol. The van der Waals surface area contributed by atoms with Gasteiger partial charge in [0.05, 0.1) is 24.7 Å². The van der Waals surface area contributed by atoms with Crippen LogP contribution in [0.5, 0.6) is 5.75 Å². The van der Waals surface area contributed by atoms with E-state index in [4.69, 9.17) is 9.47 Å². The third-order valence-electron chi connectivity index (χ3n) is 2.73. The Morgan fingerprint density at radius 2 is 1.91 bits per heavy atom. The summed E-state index contributed by atoms with van der Waals surface area (Å²) in [5, 5.41) is 14.0. The summed E-state index contributed by atoms with van der Waals surface area (Å²) in [5.41, 5.74) is -0.529. The molecular formula is C12H20ClN3O6S. The second-order valence-electron chi connectivity index (χ2n) is 4.23. The Kier molecular flexibility index (Phi) is 9.68. The number of nitrogens with zero attached hydrogens (tertiary/aromatic N) is 1. The van der Waals surface area contributed by atoms with Gasteiger partial charge in [0, 0.05) is 26.7 Å². The average molecular weight is 370 g/mol. The summed E-state index contributed by atoms with van der Waals surface area (Å²) in [6, 6.07) is 3.58. The zero-order chi connectivity index (χ0) is 16.6. The lowest BCUT2D eigenvalue weighted by Gasteiger charge is -2.09. The van der Waals surface area contributed by atoms with E-state index in [-0.39, 0.29) is 24.7 Å². The highest BCUT2D eigenvalue weighted by Gasteiger charge is 2.26. The van der Waals surface area contributed by atoms with Gasteiger partial charge in [-0.2, -0.15) is 0 Å². The van der Waals surface area contributed by atoms with Gasteiger partial charge in [-0.15, -0.1) is 12.4 Å². The summed E-state index contributed by atoms with van der Waals surface area (Å²) in [6.07, 6.45) is 0. The Bertz CT molecular complexity index is 611. The molecule has 0 bridgehead atoms. The highest BCUT2D eigenvalue weighted by atomic mass is 35.5. The quantitative estimate of drug-likeness (QED) is 0.351. The minimum Gasteiger partial charge on any atom is -0.497 e. The van der Waals surface area contributed by atoms with E-state index in [0.29, 0.717) is 19.7 Å². The smallest absolute Gasteiger partial charge is 0.293 e. The monoisotopic (exact) mass is 369 g/mol. The van der Waals surface area contributed by atoms with E-state index in [1.807, 2.05) is 0 Å². The van der Waals surface area contributed by atoms with E-state index in [0.717, 1.165) is 12.1 Å². The lowest BCUT2D eigenvalue weighted by atomic mass is 10.3. The van der Waals surface area contributed by atoms with Crippen LogP contribution in [-0.2, 0) is 14.8 Å². The number of hydrogen-bond donors (Lipinski definition) is 2. The molecule has 0 aliphatic carbocycles. The highest BCUT2D eigenvalue weighted by molar-refractivity contribution is 7.89. The topological polar surface area (TPSA) is 120 Å². The molecule has 0 aliphatic rings. The van der Waals surface area contributed by atoms with Crippen molar-refractivity contribution in [3.05, 3.63) is 28.3 Å². The minimum atomic E-state index is -3.97. The zero-order valence-electron chi connectivity index (χ0n) is 12.8. The van der Waals surface area contributed by atoms with Gasteiger partial charge in [0.1, 0.15) is 5.75 Å². The molecule has 132 valence electrons. The second kappa shape index (κ2) is 10.3. The third-order valence-corrected chi connectivity index (χ3v) is 4.24. The Morgan fingerprint density at radius 3 is 2.48 bits per heavy atom. The van der Waals surface area contributed by atoms with E-state index < -0.39 is 25.5 Å². The molecule has 9 nitrogen and oxygen atoms in total. The summed E-state index contributed by atoms with van der Waals surface area (Å²) in [6.45, 7) is 1.58. The van der Waals surface area contributed by atoms with Gasteiger partial charge >= 0.3 is 0 Å². The number of halogens is 1. The maximum absolute atomic E-state index is 12.1. The fourth-order valence-electron chi connectivity index (χ4n) is 1.64. The third kappa shape index (κ3) is 6.67. The lowest BCUT2D eigenvalue weighted by Crippen LogP contribution is -2.33. The van der Waals surface area contributed by atoms with Crippen LogP contribution in [0.3, 0.4) is 0 Å². The maximum atomic E-state index is 12.1. The van der Waals surface area contributed by atoms with Crippen LogP contribution in [0.2, 0.25) is 0 Å². The fourth-order valence-corrected chi connectivity index (χ4v) is 2.83. The van der Waals surface area contributed by atoms with Crippen molar-refractivity contribution >= 4 is 28.1 Å². The van der Waals surface area contributed by atoms with Crippen LogP contribution in [0.25, 0.3) is 0 Å². The Morgan fingerprint density at radius 1 is 1.22 bits per heavy atom. The van der Waals surface area contributed by atoms with Gasteiger partial charge in [-0.05, 0) is 12.1 Å². The number of nitro groups is 1. The van der Waals surface area contributed by atoms with Gasteiger partial charge < -0.3 is 14.8 Å². The van der Waals surface area contributed by atoms with Crippen molar-refractivity contribution in [3.63, 3.8) is 0 Å². The van der Waals surface area contributed by atoms with Crippen LogP contribution in [0.15, 0.2) is 23.1 Å². The fraction of sp³-hybridized carbons (Fsp3) is 0.500. The van der Waals surface area contributed by atoms with Crippen LogP contribution in [0.1, 0.15) is 0 Å². The molecule has 0 aliphatic heterocycles.